The van der Waals surface area contributed by atoms with Crippen LogP contribution < -0.4 is 0 Å². The van der Waals surface area contributed by atoms with Gasteiger partial charge in [0.1, 0.15) is 0 Å². The van der Waals surface area contributed by atoms with Crippen LogP contribution in [-0.2, 0) is 15.6 Å². The minimum Gasteiger partial charge on any atom is -0.403 e. The summed E-state index contributed by atoms with van der Waals surface area (Å²) in [6, 6.07) is 8.43. The Morgan fingerprint density at radius 1 is 1.06 bits per heavy atom. The Hall–Kier alpha value is -0.445. The second-order valence-corrected chi connectivity index (χ2v) is 6.55. The number of thioether (sulfide) groups is 1. The summed E-state index contributed by atoms with van der Waals surface area (Å²) in [5.74, 6) is 0. The van der Waals surface area contributed by atoms with Gasteiger partial charge in [0.2, 0.25) is 0 Å². The van der Waals surface area contributed by atoms with E-state index in [2.05, 4.69) is 58.2 Å². The summed E-state index contributed by atoms with van der Waals surface area (Å²) >= 11 is 1.77. The lowest BCUT2D eigenvalue weighted by molar-refractivity contribution is 0.00578. The van der Waals surface area contributed by atoms with E-state index in [0.717, 1.165) is 6.32 Å². The highest BCUT2D eigenvalue weighted by molar-refractivity contribution is 7.98. The first-order valence-electron chi connectivity index (χ1n) is 6.33. The Labute approximate surface area is 115 Å². The van der Waals surface area contributed by atoms with E-state index < -0.39 is 0 Å². The molecule has 0 unspecified atom stereocenters. The molecule has 0 saturated carbocycles. The van der Waals surface area contributed by atoms with Crippen LogP contribution >= 0.6 is 11.8 Å². The average Bonchev–Trinajstić information content (AvgIpc) is 2.47. The molecule has 1 fully saturated rings. The van der Waals surface area contributed by atoms with Crippen molar-refractivity contribution in [1.29, 1.82) is 0 Å². The largest absolute Gasteiger partial charge is 0.462 e. The fourth-order valence-electron chi connectivity index (χ4n) is 2.10. The molecule has 0 aromatic heterocycles. The molecule has 0 radical (unpaired) electrons. The highest BCUT2D eigenvalue weighted by atomic mass is 32.2. The van der Waals surface area contributed by atoms with Crippen LogP contribution in [0.5, 0.6) is 0 Å². The fourth-order valence-corrected chi connectivity index (χ4v) is 2.73. The molecule has 0 N–H and O–H groups in total. The molecule has 1 heterocycles. The van der Waals surface area contributed by atoms with E-state index in [1.54, 1.807) is 11.8 Å². The summed E-state index contributed by atoms with van der Waals surface area (Å²) < 4.78 is 12.1. The molecule has 98 valence electrons. The number of rotatable bonds is 3. The summed E-state index contributed by atoms with van der Waals surface area (Å²) in [5, 5.41) is 0. The van der Waals surface area contributed by atoms with Gasteiger partial charge in [-0.1, -0.05) is 18.2 Å². The Morgan fingerprint density at radius 2 is 1.61 bits per heavy atom. The van der Waals surface area contributed by atoms with Gasteiger partial charge in [-0.3, -0.25) is 0 Å². The minimum absolute atomic E-state index is 0.150. The van der Waals surface area contributed by atoms with Crippen LogP contribution in [0.1, 0.15) is 33.3 Å². The summed E-state index contributed by atoms with van der Waals surface area (Å²) in [6.07, 6.45) is 2.91. The van der Waals surface area contributed by atoms with Crippen LogP contribution in [-0.4, -0.2) is 24.6 Å². The molecule has 18 heavy (non-hydrogen) atoms. The van der Waals surface area contributed by atoms with Crippen LogP contribution in [0.2, 0.25) is 0 Å². The van der Waals surface area contributed by atoms with Crippen molar-refractivity contribution in [2.24, 2.45) is 0 Å². The van der Waals surface area contributed by atoms with Crippen molar-refractivity contribution in [3.05, 3.63) is 29.8 Å². The Bertz CT molecular complexity index is 416. The molecular formula is C14H21BO2S. The normalized spacial score (nSPS) is 21.3. The molecule has 0 spiro atoms. The van der Waals surface area contributed by atoms with Crippen molar-refractivity contribution in [1.82, 2.24) is 0 Å². The predicted octanol–water partition coefficient (Wildman–Crippen LogP) is 3.58. The molecule has 1 saturated heterocycles. The molecule has 1 aliphatic rings. The monoisotopic (exact) mass is 264 g/mol. The first-order chi connectivity index (χ1) is 8.36. The molecule has 0 bridgehead atoms. The molecule has 2 nitrogen and oxygen atoms in total. The van der Waals surface area contributed by atoms with Crippen LogP contribution in [0.3, 0.4) is 0 Å². The van der Waals surface area contributed by atoms with Crippen molar-refractivity contribution >= 4 is 18.9 Å². The summed E-state index contributed by atoms with van der Waals surface area (Å²) in [4.78, 5) is 1.30. The van der Waals surface area contributed by atoms with Gasteiger partial charge in [0.25, 0.3) is 0 Å². The summed E-state index contributed by atoms with van der Waals surface area (Å²) in [5.41, 5.74) is 0.807. The van der Waals surface area contributed by atoms with Crippen molar-refractivity contribution < 1.29 is 9.31 Å². The SMILES string of the molecule is CSc1ccccc1CB1OC(C)(C)C(C)(C)O1. The summed E-state index contributed by atoms with van der Waals surface area (Å²) in [6.45, 7) is 8.36. The van der Waals surface area contributed by atoms with Gasteiger partial charge >= 0.3 is 7.12 Å². The smallest absolute Gasteiger partial charge is 0.403 e. The quantitative estimate of drug-likeness (QED) is 0.614. The van der Waals surface area contributed by atoms with Gasteiger partial charge in [-0.25, -0.2) is 0 Å². The maximum Gasteiger partial charge on any atom is 0.462 e. The first kappa shape index (κ1) is 14.0. The van der Waals surface area contributed by atoms with E-state index in [9.17, 15) is 0 Å². The highest BCUT2D eigenvalue weighted by Crippen LogP contribution is 2.38. The van der Waals surface area contributed by atoms with Gasteiger partial charge < -0.3 is 9.31 Å². The lowest BCUT2D eigenvalue weighted by atomic mass is 9.81. The van der Waals surface area contributed by atoms with Crippen molar-refractivity contribution in [3.63, 3.8) is 0 Å². The topological polar surface area (TPSA) is 18.5 Å². The zero-order valence-electron chi connectivity index (χ0n) is 11.8. The van der Waals surface area contributed by atoms with E-state index in [4.69, 9.17) is 9.31 Å². The third-order valence-electron chi connectivity index (χ3n) is 3.88. The first-order valence-corrected chi connectivity index (χ1v) is 7.56. The van der Waals surface area contributed by atoms with Gasteiger partial charge in [-0.15, -0.1) is 11.8 Å². The van der Waals surface area contributed by atoms with Crippen LogP contribution in [0.15, 0.2) is 29.2 Å². The second kappa shape index (κ2) is 4.91. The Kier molecular flexibility index (Phi) is 3.81. The molecule has 0 amide bonds. The van der Waals surface area contributed by atoms with Gasteiger partial charge in [0.05, 0.1) is 11.2 Å². The van der Waals surface area contributed by atoms with E-state index in [0.29, 0.717) is 0 Å². The number of hydrogen-bond donors (Lipinski definition) is 0. The maximum atomic E-state index is 6.04. The Balaban J connectivity index is 2.12. The van der Waals surface area contributed by atoms with E-state index in [-0.39, 0.29) is 18.3 Å². The predicted molar refractivity (Wildman–Crippen MR) is 78.0 cm³/mol. The minimum atomic E-state index is -0.244. The van der Waals surface area contributed by atoms with Crippen molar-refractivity contribution in [2.45, 2.75) is 50.1 Å². The molecule has 0 aliphatic carbocycles. The van der Waals surface area contributed by atoms with E-state index in [1.807, 2.05) is 0 Å². The lowest BCUT2D eigenvalue weighted by Gasteiger charge is -2.32. The van der Waals surface area contributed by atoms with Gasteiger partial charge in [-0.05, 0) is 45.6 Å². The van der Waals surface area contributed by atoms with Crippen LogP contribution in [0.4, 0.5) is 0 Å². The van der Waals surface area contributed by atoms with Crippen molar-refractivity contribution in [3.8, 4) is 0 Å². The van der Waals surface area contributed by atoms with Gasteiger partial charge in [0.15, 0.2) is 0 Å². The standard InChI is InChI=1S/C14H21BO2S/c1-13(2)14(3,4)17-15(16-13)10-11-8-6-7-9-12(11)18-5/h6-9H,10H2,1-5H3. The molecule has 1 aliphatic heterocycles. The Morgan fingerprint density at radius 3 is 2.17 bits per heavy atom. The number of hydrogen-bond acceptors (Lipinski definition) is 3. The second-order valence-electron chi connectivity index (χ2n) is 5.70. The zero-order valence-corrected chi connectivity index (χ0v) is 12.6. The average molecular weight is 264 g/mol. The third-order valence-corrected chi connectivity index (χ3v) is 4.72. The highest BCUT2D eigenvalue weighted by Gasteiger charge is 2.50. The van der Waals surface area contributed by atoms with Crippen LogP contribution in [0, 0.1) is 0 Å². The molecule has 1 aromatic rings. The van der Waals surface area contributed by atoms with Crippen molar-refractivity contribution in [2.75, 3.05) is 6.26 Å². The number of benzene rings is 1. The van der Waals surface area contributed by atoms with Crippen LogP contribution in [0.25, 0.3) is 0 Å². The van der Waals surface area contributed by atoms with Gasteiger partial charge in [0, 0.05) is 11.2 Å². The van der Waals surface area contributed by atoms with Gasteiger partial charge in [-0.2, -0.15) is 0 Å². The van der Waals surface area contributed by atoms with E-state index >= 15 is 0 Å². The van der Waals surface area contributed by atoms with E-state index in [1.165, 1.54) is 10.5 Å². The molecular weight excluding hydrogens is 243 g/mol. The molecule has 4 heteroatoms. The zero-order chi connectivity index (χ0) is 13.4. The summed E-state index contributed by atoms with van der Waals surface area (Å²) in [7, 11) is -0.150. The maximum absolute atomic E-state index is 6.04. The lowest BCUT2D eigenvalue weighted by Crippen LogP contribution is -2.41. The third kappa shape index (κ3) is 2.61. The molecule has 2 rings (SSSR count). The fraction of sp³-hybridized carbons (Fsp3) is 0.571. The molecule has 1 aromatic carbocycles. The molecule has 0 atom stereocenters.